The third-order valence-electron chi connectivity index (χ3n) is 1.85. The molecule has 82 valence electrons. The zero-order valence-corrected chi connectivity index (χ0v) is 8.81. The number of aromatic nitrogens is 1. The topological polar surface area (TPSA) is 39.2 Å². The first kappa shape index (κ1) is 11.8. The fraction of sp³-hybridized carbons (Fsp3) is 0.333. The largest absolute Gasteiger partial charge is 0.481 e. The predicted octanol–water partition coefficient (Wildman–Crippen LogP) is 2.72. The Labute approximate surface area is 90.0 Å². The molecule has 0 aromatic carbocycles. The summed E-state index contributed by atoms with van der Waals surface area (Å²) in [6.07, 6.45) is -2.76. The molecule has 0 aliphatic rings. The first-order valence-electron chi connectivity index (χ1n) is 4.01. The van der Waals surface area contributed by atoms with Gasteiger partial charge in [-0.15, -0.1) is 0 Å². The average molecular weight is 236 g/mol. The highest BCUT2D eigenvalue weighted by atomic mass is 35.5. The van der Waals surface area contributed by atoms with Crippen LogP contribution >= 0.6 is 11.6 Å². The molecule has 0 amide bonds. The van der Waals surface area contributed by atoms with Gasteiger partial charge in [-0.05, 0) is 24.6 Å². The number of rotatable bonds is 3. The maximum Gasteiger partial charge on any atom is 0.269 e. The molecule has 1 aromatic rings. The highest BCUT2D eigenvalue weighted by molar-refractivity contribution is 6.67. The molecule has 0 aliphatic heterocycles. The lowest BCUT2D eigenvalue weighted by Crippen LogP contribution is -2.03. The van der Waals surface area contributed by atoms with Gasteiger partial charge in [0.25, 0.3) is 11.7 Å². The quantitative estimate of drug-likeness (QED) is 0.756. The third kappa shape index (κ3) is 2.41. The van der Waals surface area contributed by atoms with Gasteiger partial charge in [0.1, 0.15) is 0 Å². The Morgan fingerprint density at radius 1 is 1.60 bits per heavy atom. The minimum absolute atomic E-state index is 0.0345. The zero-order chi connectivity index (χ0) is 11.6. The Kier molecular flexibility index (Phi) is 3.57. The monoisotopic (exact) mass is 235 g/mol. The molecule has 0 unspecified atom stereocenters. The molecule has 3 nitrogen and oxygen atoms in total. The van der Waals surface area contributed by atoms with E-state index in [4.69, 9.17) is 11.6 Å². The first-order chi connectivity index (χ1) is 6.97. The number of hydrogen-bond donors (Lipinski definition) is 0. The van der Waals surface area contributed by atoms with Crippen molar-refractivity contribution in [1.29, 1.82) is 0 Å². The predicted molar refractivity (Wildman–Crippen MR) is 50.7 cm³/mol. The number of aryl methyl sites for hydroxylation is 1. The third-order valence-corrected chi connectivity index (χ3v) is 2.05. The van der Waals surface area contributed by atoms with E-state index in [2.05, 4.69) is 9.72 Å². The van der Waals surface area contributed by atoms with Gasteiger partial charge in [-0.1, -0.05) is 0 Å². The average Bonchev–Trinajstić information content (AvgIpc) is 2.16. The van der Waals surface area contributed by atoms with Crippen LogP contribution in [-0.4, -0.2) is 17.3 Å². The van der Waals surface area contributed by atoms with E-state index >= 15 is 0 Å². The molecule has 0 N–H and O–H groups in total. The van der Waals surface area contributed by atoms with Gasteiger partial charge in [0.05, 0.1) is 23.9 Å². The van der Waals surface area contributed by atoms with E-state index in [1.165, 1.54) is 14.0 Å². The molecule has 1 heterocycles. The maximum atomic E-state index is 12.5. The number of carbonyl (C=O) groups excluding carboxylic acids is 1. The Morgan fingerprint density at radius 3 is 2.60 bits per heavy atom. The van der Waals surface area contributed by atoms with Crippen LogP contribution in [0.2, 0.25) is 0 Å². The molecular formula is C9H8ClF2NO2. The van der Waals surface area contributed by atoms with Crippen molar-refractivity contribution >= 4 is 16.8 Å². The van der Waals surface area contributed by atoms with Crippen LogP contribution in [0.1, 0.15) is 28.0 Å². The van der Waals surface area contributed by atoms with Crippen LogP contribution in [0.25, 0.3) is 0 Å². The van der Waals surface area contributed by atoms with E-state index in [-0.39, 0.29) is 17.1 Å². The number of nitrogens with zero attached hydrogens (tertiary/aromatic N) is 1. The molecule has 1 rings (SSSR count). The minimum Gasteiger partial charge on any atom is -0.481 e. The number of pyridine rings is 1. The van der Waals surface area contributed by atoms with Crippen molar-refractivity contribution in [3.8, 4) is 5.88 Å². The van der Waals surface area contributed by atoms with Crippen molar-refractivity contribution in [2.45, 2.75) is 13.3 Å². The molecule has 0 aliphatic carbocycles. The lowest BCUT2D eigenvalue weighted by atomic mass is 10.1. The fourth-order valence-electron chi connectivity index (χ4n) is 1.12. The summed E-state index contributed by atoms with van der Waals surface area (Å²) in [6.45, 7) is 1.49. The smallest absolute Gasteiger partial charge is 0.269 e. The van der Waals surface area contributed by atoms with E-state index in [1.807, 2.05) is 0 Å². The van der Waals surface area contributed by atoms with Crippen LogP contribution in [-0.2, 0) is 0 Å². The molecule has 0 saturated carbocycles. The second-order valence-corrected chi connectivity index (χ2v) is 3.14. The minimum atomic E-state index is -2.76. The van der Waals surface area contributed by atoms with Gasteiger partial charge in [-0.2, -0.15) is 0 Å². The molecule has 0 atom stereocenters. The number of alkyl halides is 2. The second kappa shape index (κ2) is 4.53. The molecule has 0 spiro atoms. The highest BCUT2D eigenvalue weighted by Gasteiger charge is 2.19. The van der Waals surface area contributed by atoms with Crippen LogP contribution in [0, 0.1) is 6.92 Å². The summed E-state index contributed by atoms with van der Waals surface area (Å²) in [5.41, 5.74) is -0.212. The molecule has 0 bridgehead atoms. The fourth-order valence-corrected chi connectivity index (χ4v) is 1.31. The number of hydrogen-bond acceptors (Lipinski definition) is 3. The Hall–Kier alpha value is -1.23. The van der Waals surface area contributed by atoms with Crippen LogP contribution in [0.4, 0.5) is 8.78 Å². The van der Waals surface area contributed by atoms with E-state index in [1.54, 1.807) is 0 Å². The number of ether oxygens (including phenoxy) is 1. The van der Waals surface area contributed by atoms with Gasteiger partial charge >= 0.3 is 0 Å². The lowest BCUT2D eigenvalue weighted by Gasteiger charge is -2.09. The molecule has 0 saturated heterocycles. The number of carbonyl (C=O) groups is 1. The van der Waals surface area contributed by atoms with Crippen LogP contribution in [0.15, 0.2) is 6.07 Å². The molecule has 0 radical (unpaired) electrons. The van der Waals surface area contributed by atoms with E-state index in [0.29, 0.717) is 0 Å². The van der Waals surface area contributed by atoms with Crippen molar-refractivity contribution in [2.24, 2.45) is 0 Å². The van der Waals surface area contributed by atoms with Gasteiger partial charge in [0, 0.05) is 0 Å². The number of halogens is 3. The zero-order valence-electron chi connectivity index (χ0n) is 8.05. The Bertz CT molecular complexity index is 396. The molecule has 15 heavy (non-hydrogen) atoms. The van der Waals surface area contributed by atoms with Crippen molar-refractivity contribution < 1.29 is 18.3 Å². The van der Waals surface area contributed by atoms with E-state index < -0.39 is 17.2 Å². The molecule has 1 aromatic heterocycles. The highest BCUT2D eigenvalue weighted by Crippen LogP contribution is 2.29. The van der Waals surface area contributed by atoms with Gasteiger partial charge < -0.3 is 4.74 Å². The normalized spacial score (nSPS) is 10.5. The lowest BCUT2D eigenvalue weighted by molar-refractivity contribution is 0.107. The van der Waals surface area contributed by atoms with Gasteiger partial charge in [0.15, 0.2) is 0 Å². The SMILES string of the molecule is COc1nc(C)c(C(=O)Cl)cc1C(F)F. The summed E-state index contributed by atoms with van der Waals surface area (Å²) in [5, 5.41) is -0.815. The van der Waals surface area contributed by atoms with Crippen molar-refractivity contribution in [3.05, 3.63) is 22.9 Å². The summed E-state index contributed by atoms with van der Waals surface area (Å²) in [5.74, 6) is -0.191. The van der Waals surface area contributed by atoms with Crippen LogP contribution in [0.3, 0.4) is 0 Å². The second-order valence-electron chi connectivity index (χ2n) is 2.79. The molecule has 0 fully saturated rings. The van der Waals surface area contributed by atoms with Crippen LogP contribution in [0.5, 0.6) is 5.88 Å². The molecule has 6 heteroatoms. The summed E-state index contributed by atoms with van der Waals surface area (Å²) < 4.78 is 29.7. The summed E-state index contributed by atoms with van der Waals surface area (Å²) >= 11 is 5.22. The standard InChI is InChI=1S/C9H8ClF2NO2/c1-4-5(7(10)14)3-6(8(11)12)9(13-4)15-2/h3,8H,1-2H3. The van der Waals surface area contributed by atoms with Gasteiger partial charge in [0.2, 0.25) is 5.88 Å². The van der Waals surface area contributed by atoms with E-state index in [9.17, 15) is 13.6 Å². The number of methoxy groups -OCH3 is 1. The van der Waals surface area contributed by atoms with Gasteiger partial charge in [-0.3, -0.25) is 4.79 Å². The van der Waals surface area contributed by atoms with Gasteiger partial charge in [-0.25, -0.2) is 13.8 Å². The molecular weight excluding hydrogens is 228 g/mol. The maximum absolute atomic E-state index is 12.5. The van der Waals surface area contributed by atoms with Crippen molar-refractivity contribution in [1.82, 2.24) is 4.98 Å². The van der Waals surface area contributed by atoms with Crippen LogP contribution < -0.4 is 4.74 Å². The van der Waals surface area contributed by atoms with Crippen molar-refractivity contribution in [3.63, 3.8) is 0 Å². The Morgan fingerprint density at radius 2 is 2.20 bits per heavy atom. The summed E-state index contributed by atoms with van der Waals surface area (Å²) in [6, 6.07) is 1.00. The summed E-state index contributed by atoms with van der Waals surface area (Å²) in [4.78, 5) is 14.6. The van der Waals surface area contributed by atoms with Crippen molar-refractivity contribution in [2.75, 3.05) is 7.11 Å². The summed E-state index contributed by atoms with van der Waals surface area (Å²) in [7, 11) is 1.23. The first-order valence-corrected chi connectivity index (χ1v) is 4.38. The van der Waals surface area contributed by atoms with E-state index in [0.717, 1.165) is 6.07 Å². The Balaban J connectivity index is 3.37.